The third kappa shape index (κ3) is 2.81. The molecule has 1 heterocycles. The highest BCUT2D eigenvalue weighted by Gasteiger charge is 2.41. The molecule has 1 aliphatic heterocycles. The van der Waals surface area contributed by atoms with Gasteiger partial charge in [-0.25, -0.2) is 9.69 Å². The van der Waals surface area contributed by atoms with Crippen molar-refractivity contribution in [1.82, 2.24) is 0 Å². The predicted molar refractivity (Wildman–Crippen MR) is 91.0 cm³/mol. The molecule has 2 aromatic rings. The van der Waals surface area contributed by atoms with E-state index < -0.39 is 0 Å². The normalized spacial score (nSPS) is 17.8. The van der Waals surface area contributed by atoms with Crippen LogP contribution in [0.3, 0.4) is 0 Å². The number of para-hydroxylation sites is 1. The first kappa shape index (κ1) is 16.0. The standard InChI is InChI=1S/C19H18N2O3/c1-3-10-24-17-7-5-4-6-14(17)12-21-16-9-8-13(2)11-15(16)18(20-23)19(21)22/h3-9,11,23H,1,10,12H2,2H3/p+1. The second-order valence-electron chi connectivity index (χ2n) is 5.69. The van der Waals surface area contributed by atoms with Crippen molar-refractivity contribution in [1.29, 1.82) is 0 Å². The van der Waals surface area contributed by atoms with Crippen LogP contribution in [-0.2, 0) is 11.3 Å². The number of hydrogen-bond acceptors (Lipinski definition) is 4. The van der Waals surface area contributed by atoms with E-state index in [2.05, 4.69) is 11.7 Å². The summed E-state index contributed by atoms with van der Waals surface area (Å²) in [4.78, 5) is 13.3. The lowest BCUT2D eigenvalue weighted by Crippen LogP contribution is -3.07. The van der Waals surface area contributed by atoms with Gasteiger partial charge in [0.1, 0.15) is 24.6 Å². The summed E-state index contributed by atoms with van der Waals surface area (Å²) in [6.45, 7) is 6.41. The molecule has 1 aliphatic rings. The predicted octanol–water partition coefficient (Wildman–Crippen LogP) is 1.99. The molecule has 0 saturated heterocycles. The number of carbonyl (C=O) groups excluding carboxylic acids is 1. The molecule has 0 fully saturated rings. The SMILES string of the molecule is C=CCOc1ccccc1C[NH+]1C(=O)C(=NO)c2cc(C)ccc21. The fourth-order valence-corrected chi connectivity index (χ4v) is 2.91. The molecule has 1 atom stereocenters. The Morgan fingerprint density at radius 2 is 2.08 bits per heavy atom. The summed E-state index contributed by atoms with van der Waals surface area (Å²) in [6.07, 6.45) is 1.68. The largest absolute Gasteiger partial charge is 0.489 e. The van der Waals surface area contributed by atoms with E-state index in [0.29, 0.717) is 23.6 Å². The number of benzene rings is 2. The second-order valence-corrected chi connectivity index (χ2v) is 5.69. The second kappa shape index (κ2) is 6.68. The van der Waals surface area contributed by atoms with Gasteiger partial charge in [0.05, 0.1) is 5.56 Å². The summed E-state index contributed by atoms with van der Waals surface area (Å²) < 4.78 is 5.67. The van der Waals surface area contributed by atoms with Crippen LogP contribution in [0.4, 0.5) is 5.69 Å². The van der Waals surface area contributed by atoms with Crippen molar-refractivity contribution in [3.8, 4) is 5.75 Å². The fourth-order valence-electron chi connectivity index (χ4n) is 2.91. The third-order valence-corrected chi connectivity index (χ3v) is 4.04. The minimum absolute atomic E-state index is 0.105. The highest BCUT2D eigenvalue weighted by molar-refractivity contribution is 6.45. The number of rotatable bonds is 5. The van der Waals surface area contributed by atoms with Crippen LogP contribution in [0, 0.1) is 6.92 Å². The number of quaternary nitrogens is 1. The highest BCUT2D eigenvalue weighted by atomic mass is 16.5. The molecule has 0 spiro atoms. The Bertz CT molecular complexity index is 827. The molecular formula is C19H19N2O3+. The smallest absolute Gasteiger partial charge is 0.372 e. The Morgan fingerprint density at radius 3 is 2.83 bits per heavy atom. The third-order valence-electron chi connectivity index (χ3n) is 4.04. The lowest BCUT2D eigenvalue weighted by atomic mass is 10.1. The summed E-state index contributed by atoms with van der Waals surface area (Å²) in [7, 11) is 0. The lowest BCUT2D eigenvalue weighted by Gasteiger charge is -2.14. The van der Waals surface area contributed by atoms with Gasteiger partial charge in [0.25, 0.3) is 0 Å². The number of ether oxygens (including phenoxy) is 1. The van der Waals surface area contributed by atoms with Crippen molar-refractivity contribution < 1.29 is 19.6 Å². The van der Waals surface area contributed by atoms with Gasteiger partial charge in [0.2, 0.25) is 5.71 Å². The van der Waals surface area contributed by atoms with Gasteiger partial charge in [0.15, 0.2) is 0 Å². The van der Waals surface area contributed by atoms with Crippen LogP contribution in [0.2, 0.25) is 0 Å². The number of oxime groups is 1. The van der Waals surface area contributed by atoms with E-state index in [9.17, 15) is 10.0 Å². The Labute approximate surface area is 140 Å². The Kier molecular flexibility index (Phi) is 4.44. The van der Waals surface area contributed by atoms with Crippen molar-refractivity contribution in [3.63, 3.8) is 0 Å². The molecule has 3 rings (SSSR count). The van der Waals surface area contributed by atoms with Gasteiger partial charge >= 0.3 is 5.91 Å². The minimum Gasteiger partial charge on any atom is -0.489 e. The molecular weight excluding hydrogens is 304 g/mol. The van der Waals surface area contributed by atoms with Gasteiger partial charge in [-0.05, 0) is 30.7 Å². The quantitative estimate of drug-likeness (QED) is 0.502. The van der Waals surface area contributed by atoms with Crippen molar-refractivity contribution >= 4 is 17.3 Å². The molecule has 1 amide bonds. The number of hydrogen-bond donors (Lipinski definition) is 2. The topological polar surface area (TPSA) is 63.3 Å². The zero-order valence-electron chi connectivity index (χ0n) is 13.5. The van der Waals surface area contributed by atoms with Gasteiger partial charge in [-0.1, -0.05) is 36.0 Å². The molecule has 2 N–H and O–H groups in total. The monoisotopic (exact) mass is 323 g/mol. The maximum atomic E-state index is 12.6. The van der Waals surface area contributed by atoms with Gasteiger partial charge in [0, 0.05) is 11.6 Å². The summed E-state index contributed by atoms with van der Waals surface area (Å²) in [6, 6.07) is 13.3. The summed E-state index contributed by atoms with van der Waals surface area (Å²) in [5.74, 6) is 0.484. The number of nitrogens with zero attached hydrogens (tertiary/aromatic N) is 1. The van der Waals surface area contributed by atoms with Crippen LogP contribution in [0.1, 0.15) is 16.7 Å². The average Bonchev–Trinajstić information content (AvgIpc) is 2.85. The van der Waals surface area contributed by atoms with Crippen molar-refractivity contribution in [3.05, 3.63) is 71.8 Å². The molecule has 2 aromatic carbocycles. The first-order chi connectivity index (χ1) is 11.7. The molecule has 122 valence electrons. The van der Waals surface area contributed by atoms with E-state index in [1.807, 2.05) is 49.4 Å². The maximum absolute atomic E-state index is 12.6. The first-order valence-corrected chi connectivity index (χ1v) is 7.71. The summed E-state index contributed by atoms with van der Waals surface area (Å²) >= 11 is 0. The molecule has 1 unspecified atom stereocenters. The van der Waals surface area contributed by atoms with Crippen molar-refractivity contribution in [2.45, 2.75) is 13.5 Å². The van der Waals surface area contributed by atoms with Gasteiger partial charge in [-0.15, -0.1) is 0 Å². The fraction of sp³-hybridized carbons (Fsp3) is 0.158. The molecule has 24 heavy (non-hydrogen) atoms. The van der Waals surface area contributed by atoms with Crippen LogP contribution >= 0.6 is 0 Å². The molecule has 0 radical (unpaired) electrons. The van der Waals surface area contributed by atoms with E-state index in [4.69, 9.17) is 4.74 Å². The Hall–Kier alpha value is -2.92. The minimum atomic E-state index is -0.239. The van der Waals surface area contributed by atoms with E-state index in [0.717, 1.165) is 22.6 Å². The molecule has 0 bridgehead atoms. The van der Waals surface area contributed by atoms with E-state index in [1.54, 1.807) is 6.08 Å². The van der Waals surface area contributed by atoms with Crippen LogP contribution < -0.4 is 9.64 Å². The van der Waals surface area contributed by atoms with Gasteiger partial charge < -0.3 is 9.94 Å². The van der Waals surface area contributed by atoms with Crippen molar-refractivity contribution in [2.24, 2.45) is 5.16 Å². The molecule has 0 aliphatic carbocycles. The summed E-state index contributed by atoms with van der Waals surface area (Å²) in [5, 5.41) is 12.5. The number of aryl methyl sites for hydroxylation is 1. The average molecular weight is 323 g/mol. The molecule has 5 nitrogen and oxygen atoms in total. The van der Waals surface area contributed by atoms with E-state index in [-0.39, 0.29) is 11.6 Å². The van der Waals surface area contributed by atoms with Crippen LogP contribution in [-0.4, -0.2) is 23.4 Å². The van der Waals surface area contributed by atoms with Crippen LogP contribution in [0.15, 0.2) is 60.3 Å². The van der Waals surface area contributed by atoms with Crippen LogP contribution in [0.5, 0.6) is 5.75 Å². The van der Waals surface area contributed by atoms with Crippen LogP contribution in [0.25, 0.3) is 0 Å². The Morgan fingerprint density at radius 1 is 1.29 bits per heavy atom. The Balaban J connectivity index is 1.97. The first-order valence-electron chi connectivity index (χ1n) is 7.71. The number of carbonyl (C=O) groups is 1. The van der Waals surface area contributed by atoms with Gasteiger partial charge in [-0.3, -0.25) is 0 Å². The molecule has 0 saturated carbocycles. The number of fused-ring (bicyclic) bond motifs is 1. The molecule has 5 heteroatoms. The lowest BCUT2D eigenvalue weighted by molar-refractivity contribution is -0.757. The number of nitrogens with one attached hydrogen (secondary N) is 1. The zero-order chi connectivity index (χ0) is 17.1. The molecule has 0 aromatic heterocycles. The summed E-state index contributed by atoms with van der Waals surface area (Å²) in [5.41, 5.74) is 3.53. The maximum Gasteiger partial charge on any atom is 0.372 e. The zero-order valence-corrected chi connectivity index (χ0v) is 13.5. The number of amides is 1. The van der Waals surface area contributed by atoms with E-state index >= 15 is 0 Å². The highest BCUT2D eigenvalue weighted by Crippen LogP contribution is 2.22. The van der Waals surface area contributed by atoms with Crippen molar-refractivity contribution in [2.75, 3.05) is 6.61 Å². The van der Waals surface area contributed by atoms with E-state index in [1.165, 1.54) is 0 Å². The van der Waals surface area contributed by atoms with Gasteiger partial charge in [-0.2, -0.15) is 0 Å².